The van der Waals surface area contributed by atoms with E-state index in [2.05, 4.69) is 56.1 Å². The maximum atomic E-state index is 6.00. The van der Waals surface area contributed by atoms with Crippen LogP contribution in [0.3, 0.4) is 0 Å². The second-order valence-corrected chi connectivity index (χ2v) is 6.42. The van der Waals surface area contributed by atoms with Crippen LogP contribution in [0.2, 0.25) is 5.02 Å². The fourth-order valence-electron chi connectivity index (χ4n) is 2.63. The zero-order valence-corrected chi connectivity index (χ0v) is 15.3. The van der Waals surface area contributed by atoms with Crippen LogP contribution in [0, 0.1) is 0 Å². The number of aryl methyl sites for hydroxylation is 1. The lowest BCUT2D eigenvalue weighted by atomic mass is 10.1. The molecular weight excluding hydrogens is 346 g/mol. The summed E-state index contributed by atoms with van der Waals surface area (Å²) in [6.07, 6.45) is 4.54. The Morgan fingerprint density at radius 3 is 2.54 bits per heavy atom. The summed E-state index contributed by atoms with van der Waals surface area (Å²) in [5, 5.41) is 15.3. The highest BCUT2D eigenvalue weighted by atomic mass is 35.5. The molecule has 0 fully saturated rings. The zero-order chi connectivity index (χ0) is 18.0. The molecule has 0 aliphatic carbocycles. The Hall–Kier alpha value is -2.66. The molecule has 1 heterocycles. The molecule has 0 bridgehead atoms. The SMILES string of the molecule is Clc1cccc(CCNc2cnnc(NCCCc3ccccc3)n2)c1. The van der Waals surface area contributed by atoms with Gasteiger partial charge in [-0.25, -0.2) is 0 Å². The van der Waals surface area contributed by atoms with E-state index >= 15 is 0 Å². The minimum atomic E-state index is 0.547. The molecule has 3 rings (SSSR count). The first-order valence-corrected chi connectivity index (χ1v) is 9.13. The van der Waals surface area contributed by atoms with Crippen LogP contribution in [0.25, 0.3) is 0 Å². The third-order valence-electron chi connectivity index (χ3n) is 3.94. The molecule has 0 amide bonds. The monoisotopic (exact) mass is 367 g/mol. The minimum Gasteiger partial charge on any atom is -0.368 e. The van der Waals surface area contributed by atoms with E-state index in [0.717, 1.165) is 37.4 Å². The van der Waals surface area contributed by atoms with Crippen molar-refractivity contribution in [2.75, 3.05) is 23.7 Å². The average molecular weight is 368 g/mol. The Bertz CT molecular complexity index is 810. The molecule has 0 aliphatic rings. The van der Waals surface area contributed by atoms with Crippen LogP contribution >= 0.6 is 11.6 Å². The molecule has 134 valence electrons. The molecule has 26 heavy (non-hydrogen) atoms. The van der Waals surface area contributed by atoms with Gasteiger partial charge in [-0.3, -0.25) is 0 Å². The van der Waals surface area contributed by atoms with Crippen LogP contribution < -0.4 is 10.6 Å². The van der Waals surface area contributed by atoms with Gasteiger partial charge < -0.3 is 10.6 Å². The first-order valence-electron chi connectivity index (χ1n) is 8.75. The summed E-state index contributed by atoms with van der Waals surface area (Å²) in [4.78, 5) is 4.44. The van der Waals surface area contributed by atoms with E-state index in [-0.39, 0.29) is 0 Å². The fraction of sp³-hybridized carbons (Fsp3) is 0.250. The van der Waals surface area contributed by atoms with Crippen molar-refractivity contribution in [1.29, 1.82) is 0 Å². The molecule has 0 saturated carbocycles. The standard InChI is InChI=1S/C20H22ClN5/c21-18-10-4-8-17(14-18)11-13-22-19-15-24-26-20(25-19)23-12-5-9-16-6-2-1-3-7-16/h1-4,6-8,10,14-15H,5,9,11-13H2,(H2,22,23,25,26). The lowest BCUT2D eigenvalue weighted by Crippen LogP contribution is -2.11. The predicted molar refractivity (Wildman–Crippen MR) is 107 cm³/mol. The molecule has 0 saturated heterocycles. The van der Waals surface area contributed by atoms with E-state index in [0.29, 0.717) is 11.8 Å². The molecule has 5 nitrogen and oxygen atoms in total. The van der Waals surface area contributed by atoms with Crippen molar-refractivity contribution < 1.29 is 0 Å². The highest BCUT2D eigenvalue weighted by molar-refractivity contribution is 6.30. The normalized spacial score (nSPS) is 10.5. The van der Waals surface area contributed by atoms with Crippen molar-refractivity contribution in [2.45, 2.75) is 19.3 Å². The molecule has 2 aromatic carbocycles. The summed E-state index contributed by atoms with van der Waals surface area (Å²) in [7, 11) is 0. The number of rotatable bonds is 9. The summed E-state index contributed by atoms with van der Waals surface area (Å²) >= 11 is 6.00. The molecule has 0 aliphatic heterocycles. The topological polar surface area (TPSA) is 62.7 Å². The minimum absolute atomic E-state index is 0.547. The Balaban J connectivity index is 1.41. The van der Waals surface area contributed by atoms with Gasteiger partial charge in [-0.2, -0.15) is 10.1 Å². The molecular formula is C20H22ClN5. The molecule has 6 heteroatoms. The van der Waals surface area contributed by atoms with Crippen LogP contribution in [-0.2, 0) is 12.8 Å². The zero-order valence-electron chi connectivity index (χ0n) is 14.5. The number of aromatic nitrogens is 3. The smallest absolute Gasteiger partial charge is 0.244 e. The van der Waals surface area contributed by atoms with Gasteiger partial charge in [0.15, 0.2) is 5.82 Å². The van der Waals surface area contributed by atoms with E-state index in [1.807, 2.05) is 24.3 Å². The first kappa shape index (κ1) is 18.1. The van der Waals surface area contributed by atoms with Gasteiger partial charge in [-0.05, 0) is 42.5 Å². The van der Waals surface area contributed by atoms with Crippen LogP contribution in [-0.4, -0.2) is 28.3 Å². The Kier molecular flexibility index (Phi) is 6.79. The van der Waals surface area contributed by atoms with E-state index in [4.69, 9.17) is 11.6 Å². The van der Waals surface area contributed by atoms with Crippen molar-refractivity contribution in [3.63, 3.8) is 0 Å². The van der Waals surface area contributed by atoms with E-state index < -0.39 is 0 Å². The molecule has 2 N–H and O–H groups in total. The fourth-order valence-corrected chi connectivity index (χ4v) is 2.84. The van der Waals surface area contributed by atoms with Crippen LogP contribution in [0.15, 0.2) is 60.8 Å². The number of hydrogen-bond donors (Lipinski definition) is 2. The van der Waals surface area contributed by atoms with Gasteiger partial charge in [0, 0.05) is 18.1 Å². The summed E-state index contributed by atoms with van der Waals surface area (Å²) in [5.74, 6) is 1.26. The van der Waals surface area contributed by atoms with Gasteiger partial charge >= 0.3 is 0 Å². The number of nitrogens with zero attached hydrogens (tertiary/aromatic N) is 3. The average Bonchev–Trinajstić information content (AvgIpc) is 2.67. The number of benzene rings is 2. The molecule has 1 aromatic heterocycles. The van der Waals surface area contributed by atoms with Crippen molar-refractivity contribution in [3.8, 4) is 0 Å². The highest BCUT2D eigenvalue weighted by Crippen LogP contribution is 2.11. The number of halogens is 1. The quantitative estimate of drug-likeness (QED) is 0.554. The molecule has 0 unspecified atom stereocenters. The Labute approximate surface area is 158 Å². The third kappa shape index (κ3) is 6.01. The molecule has 0 atom stereocenters. The third-order valence-corrected chi connectivity index (χ3v) is 4.17. The Morgan fingerprint density at radius 2 is 1.69 bits per heavy atom. The predicted octanol–water partition coefficient (Wildman–Crippen LogP) is 4.22. The molecule has 0 spiro atoms. The van der Waals surface area contributed by atoms with Crippen molar-refractivity contribution in [2.24, 2.45) is 0 Å². The van der Waals surface area contributed by atoms with E-state index in [1.165, 1.54) is 11.1 Å². The summed E-state index contributed by atoms with van der Waals surface area (Å²) in [6.45, 7) is 1.56. The Morgan fingerprint density at radius 1 is 0.846 bits per heavy atom. The van der Waals surface area contributed by atoms with E-state index in [1.54, 1.807) is 6.20 Å². The molecule has 0 radical (unpaired) electrons. The van der Waals surface area contributed by atoms with Gasteiger partial charge in [0.1, 0.15) is 0 Å². The summed E-state index contributed by atoms with van der Waals surface area (Å²) in [5.41, 5.74) is 2.52. The van der Waals surface area contributed by atoms with Gasteiger partial charge in [-0.1, -0.05) is 54.1 Å². The van der Waals surface area contributed by atoms with Crippen LogP contribution in [0.4, 0.5) is 11.8 Å². The summed E-state index contributed by atoms with van der Waals surface area (Å²) < 4.78 is 0. The maximum absolute atomic E-state index is 6.00. The van der Waals surface area contributed by atoms with Gasteiger partial charge in [-0.15, -0.1) is 5.10 Å². The summed E-state index contributed by atoms with van der Waals surface area (Å²) in [6, 6.07) is 18.3. The van der Waals surface area contributed by atoms with Crippen molar-refractivity contribution in [1.82, 2.24) is 15.2 Å². The van der Waals surface area contributed by atoms with Crippen LogP contribution in [0.5, 0.6) is 0 Å². The highest BCUT2D eigenvalue weighted by Gasteiger charge is 2.01. The number of nitrogens with one attached hydrogen (secondary N) is 2. The van der Waals surface area contributed by atoms with Crippen molar-refractivity contribution in [3.05, 3.63) is 76.9 Å². The number of hydrogen-bond acceptors (Lipinski definition) is 5. The number of anilines is 2. The largest absolute Gasteiger partial charge is 0.368 e. The first-order chi connectivity index (χ1) is 12.8. The second kappa shape index (κ2) is 9.73. The lowest BCUT2D eigenvalue weighted by molar-refractivity contribution is 0.841. The van der Waals surface area contributed by atoms with Crippen LogP contribution in [0.1, 0.15) is 17.5 Å². The van der Waals surface area contributed by atoms with Gasteiger partial charge in [0.25, 0.3) is 0 Å². The lowest BCUT2D eigenvalue weighted by Gasteiger charge is -2.08. The molecule has 3 aromatic rings. The van der Waals surface area contributed by atoms with Gasteiger partial charge in [0.05, 0.1) is 6.20 Å². The van der Waals surface area contributed by atoms with Gasteiger partial charge in [0.2, 0.25) is 5.95 Å². The van der Waals surface area contributed by atoms with E-state index in [9.17, 15) is 0 Å². The van der Waals surface area contributed by atoms with Crippen molar-refractivity contribution >= 4 is 23.4 Å². The second-order valence-electron chi connectivity index (χ2n) is 5.99. The maximum Gasteiger partial charge on any atom is 0.244 e.